The average Bonchev–Trinajstić information content (AvgIpc) is 0.829. The molecule has 42 heteroatoms. The molecule has 0 spiro atoms. The van der Waals surface area contributed by atoms with Crippen molar-refractivity contribution in [2.75, 3.05) is 78.9 Å². The highest BCUT2D eigenvalue weighted by Gasteiger charge is 2.39. The van der Waals surface area contributed by atoms with Gasteiger partial charge in [-0.2, -0.15) is 26.3 Å². The Morgan fingerprint density at radius 3 is 1.01 bits per heavy atom. The maximum absolute atomic E-state index is 14.0. The number of carboxylic acid groups (broad SMARTS) is 1. The number of nitrogens with one attached hydrogen (secondary N) is 3. The zero-order valence-corrected chi connectivity index (χ0v) is 65.9. The van der Waals surface area contributed by atoms with Crippen molar-refractivity contribution < 1.29 is 168 Å². The molecule has 5 N–H and O–H groups in total. The number of hydrogen-bond donors (Lipinski definition) is 5. The summed E-state index contributed by atoms with van der Waals surface area (Å²) < 4.78 is 221. The number of rotatable bonds is 30. The molecule has 0 bridgehead atoms. The number of halogens is 12. The first-order chi connectivity index (χ1) is 57.6. The second kappa shape index (κ2) is 45.4. The summed E-state index contributed by atoms with van der Waals surface area (Å²) >= 11 is 0. The van der Waals surface area contributed by atoms with E-state index in [0.717, 1.165) is 16.7 Å². The van der Waals surface area contributed by atoms with Gasteiger partial charge < -0.3 is 93.0 Å². The lowest BCUT2D eigenvalue weighted by molar-refractivity contribution is -0.158. The average molecular weight is 1740 g/mol. The molecule has 3 aliphatic heterocycles. The van der Waals surface area contributed by atoms with E-state index < -0.39 is 245 Å². The van der Waals surface area contributed by atoms with Crippen molar-refractivity contribution in [3.05, 3.63) is 196 Å². The van der Waals surface area contributed by atoms with Gasteiger partial charge in [-0.25, -0.2) is 40.7 Å². The van der Waals surface area contributed by atoms with Crippen LogP contribution in [0.3, 0.4) is 0 Å². The lowest BCUT2D eigenvalue weighted by Gasteiger charge is -2.33. The summed E-state index contributed by atoms with van der Waals surface area (Å²) in [5.74, 6) is -34.3. The first-order valence-corrected chi connectivity index (χ1v) is 37.0. The number of carbonyl (C=O) groups excluding carboxylic acids is 10. The molecule has 3 heterocycles. The third kappa shape index (κ3) is 30.1. The van der Waals surface area contributed by atoms with Crippen molar-refractivity contribution in [2.24, 2.45) is 0 Å². The number of esters is 2. The Morgan fingerprint density at radius 2 is 0.705 bits per heavy atom. The molecule has 662 valence electrons. The number of aliphatic hydroxyl groups is 1. The fourth-order valence-electron chi connectivity index (χ4n) is 11.0. The predicted molar refractivity (Wildman–Crippen MR) is 394 cm³/mol. The molecule has 122 heavy (non-hydrogen) atoms. The van der Waals surface area contributed by atoms with Gasteiger partial charge in [0.1, 0.15) is 69.0 Å². The van der Waals surface area contributed by atoms with Crippen LogP contribution in [0.2, 0.25) is 0 Å². The van der Waals surface area contributed by atoms with Gasteiger partial charge in [-0.05, 0) is 58.2 Å². The van der Waals surface area contributed by atoms with Crippen LogP contribution in [0.5, 0.6) is 17.2 Å². The second-order valence-corrected chi connectivity index (χ2v) is 28.7. The Labute approximate surface area is 687 Å². The minimum absolute atomic E-state index is 0.00321. The summed E-state index contributed by atoms with van der Waals surface area (Å²) in [7, 11) is 0. The maximum atomic E-state index is 14.0. The number of carbonyl (C=O) groups is 11. The molecule has 7 atom stereocenters. The van der Waals surface area contributed by atoms with E-state index in [4.69, 9.17) is 52.5 Å². The summed E-state index contributed by atoms with van der Waals surface area (Å²) in [6.07, 6.45) is -10.0. The van der Waals surface area contributed by atoms with Crippen LogP contribution in [-0.2, 0) is 96.1 Å². The lowest BCUT2D eigenvalue weighted by atomic mass is 10.1. The number of nitrogens with zero attached hydrogens (tertiary/aromatic N) is 3. The molecule has 4 unspecified atom stereocenters. The molecule has 3 aliphatic rings. The van der Waals surface area contributed by atoms with Gasteiger partial charge >= 0.3 is 36.2 Å². The minimum Gasteiger partial charge on any atom is -0.485 e. The van der Waals surface area contributed by atoms with Gasteiger partial charge in [-0.1, -0.05) is 91.0 Å². The zero-order valence-electron chi connectivity index (χ0n) is 65.9. The summed E-state index contributed by atoms with van der Waals surface area (Å²) in [5.41, 5.74) is 0.367. The standard InChI is InChI=1S/C28H32F4N2O8.C28H30F4N2O8.C24H22F4N2O8/c2*1-28(2,3)42-22(36)12-19(20(35)15-40-25-23(31)17(29)11-18(30)24(25)32)33-26(37)21-13-34(9-10-39-21)27(38)41-14-16-7-5-4-6-8-16;25-14-8-15(26)21(28)22(20(14)27)37-12-17(31)16(9-19(32)33)29-23(34)18-10-30(6-7-36-18)24(35)38-11-13-4-2-1-3-5-13/h4-8,11,19-21,35H,9-10,12-15H2,1-3H3,(H,33,37);4-8,11,19,21H,9-10,12-15H2,1-3H3,(H,33,37);1-5,8,16,18H,6-7,9-12H2,(H,29,34)(H,32,33)/t19-,20?,21?;19-,21?;16-,18?/m000/s1. The van der Waals surface area contributed by atoms with Crippen LogP contribution >= 0.6 is 0 Å². The van der Waals surface area contributed by atoms with Crippen molar-refractivity contribution in [3.8, 4) is 17.2 Å². The second-order valence-electron chi connectivity index (χ2n) is 28.7. The number of Topliss-reactive ketones (excluding diaryl/α,β-unsaturated/α-hetero) is 2. The number of aliphatic carboxylic acids is 1. The fraction of sp³-hybridized carbons (Fsp3) is 0.412. The molecule has 3 fully saturated rings. The molecule has 30 nitrogen and oxygen atoms in total. The first kappa shape index (κ1) is 96.8. The van der Waals surface area contributed by atoms with Gasteiger partial charge in [0.05, 0.1) is 64.8 Å². The monoisotopic (exact) mass is 1740 g/mol. The highest BCUT2D eigenvalue weighted by molar-refractivity contribution is 5.95. The Balaban J connectivity index is 0.000000252. The van der Waals surface area contributed by atoms with Crippen molar-refractivity contribution in [1.82, 2.24) is 30.7 Å². The molecular formula is C80H84F12N6O24. The molecule has 6 aromatic carbocycles. The van der Waals surface area contributed by atoms with Crippen LogP contribution in [0.1, 0.15) is 77.5 Å². The quantitative estimate of drug-likeness (QED) is 0.0122. The van der Waals surface area contributed by atoms with E-state index in [9.17, 15) is 111 Å². The van der Waals surface area contributed by atoms with E-state index in [0.29, 0.717) is 0 Å². The molecular weight excluding hydrogens is 1660 g/mol. The normalized spacial score (nSPS) is 16.2. The van der Waals surface area contributed by atoms with E-state index >= 15 is 0 Å². The molecule has 3 saturated heterocycles. The summed E-state index contributed by atoms with van der Waals surface area (Å²) in [6.45, 7) is 5.55. The van der Waals surface area contributed by atoms with Crippen LogP contribution in [0.15, 0.2) is 109 Å². The van der Waals surface area contributed by atoms with E-state index in [1.807, 2.05) is 6.07 Å². The van der Waals surface area contributed by atoms with E-state index in [1.165, 1.54) is 14.7 Å². The Bertz CT molecular complexity index is 4590. The lowest BCUT2D eigenvalue weighted by Crippen LogP contribution is -2.56. The number of carboxylic acids is 1. The predicted octanol–water partition coefficient (Wildman–Crippen LogP) is 8.87. The van der Waals surface area contributed by atoms with E-state index in [1.54, 1.807) is 126 Å². The number of morpholine rings is 3. The number of ketones is 2. The summed E-state index contributed by atoms with van der Waals surface area (Å²) in [6, 6.07) is 21.7. The SMILES string of the molecule is CC(C)(C)OC(=O)C[C@H](NC(=O)C1CN(C(=O)OCc2ccccc2)CCO1)C(=O)COc1c(F)c(F)cc(F)c1F.CC(C)(C)OC(=O)C[C@H](NC(=O)C1CN(C(=O)OCc2ccccc2)CCO1)C(O)COc1c(F)c(F)cc(F)c1F.O=C(O)C[C@H](NC(=O)C1CN(C(=O)OCc2ccccc2)CCO1)C(=O)COc1c(F)c(F)cc(F)c1F. The molecule has 0 aliphatic carbocycles. The number of hydrogen-bond acceptors (Lipinski definition) is 23. The Kier molecular flexibility index (Phi) is 36.0. The van der Waals surface area contributed by atoms with Crippen LogP contribution in [-0.4, -0.2) is 223 Å². The number of amides is 6. The molecule has 0 radical (unpaired) electrons. The summed E-state index contributed by atoms with van der Waals surface area (Å²) in [5, 5.41) is 26.6. The molecule has 0 aromatic heterocycles. The maximum Gasteiger partial charge on any atom is 0.410 e. The Hall–Kier alpha value is -12.3. The van der Waals surface area contributed by atoms with Gasteiger partial charge in [0.25, 0.3) is 17.7 Å². The van der Waals surface area contributed by atoms with Crippen LogP contribution in [0.4, 0.5) is 67.1 Å². The van der Waals surface area contributed by atoms with Crippen LogP contribution in [0.25, 0.3) is 0 Å². The third-order valence-corrected chi connectivity index (χ3v) is 17.0. The van der Waals surface area contributed by atoms with E-state index in [-0.39, 0.29) is 97.1 Å². The molecule has 6 aromatic rings. The molecule has 0 saturated carbocycles. The van der Waals surface area contributed by atoms with Gasteiger partial charge in [0, 0.05) is 37.8 Å². The van der Waals surface area contributed by atoms with Gasteiger partial charge in [0.15, 0.2) is 82.0 Å². The first-order valence-electron chi connectivity index (χ1n) is 37.0. The number of ether oxygens (including phenoxy) is 11. The van der Waals surface area contributed by atoms with Crippen molar-refractivity contribution >= 4 is 65.5 Å². The van der Waals surface area contributed by atoms with Gasteiger partial charge in [0.2, 0.25) is 34.9 Å². The smallest absolute Gasteiger partial charge is 0.410 e. The third-order valence-electron chi connectivity index (χ3n) is 17.0. The highest BCUT2D eigenvalue weighted by Crippen LogP contribution is 2.31. The number of benzene rings is 6. The minimum atomic E-state index is -1.90. The fourth-order valence-corrected chi connectivity index (χ4v) is 11.0. The topological polar surface area (TPSA) is 376 Å². The molecule has 9 rings (SSSR count). The highest BCUT2D eigenvalue weighted by atomic mass is 19.2. The van der Waals surface area contributed by atoms with Gasteiger partial charge in [-0.15, -0.1) is 0 Å². The van der Waals surface area contributed by atoms with Crippen LogP contribution < -0.4 is 30.2 Å². The Morgan fingerprint density at radius 1 is 0.418 bits per heavy atom. The van der Waals surface area contributed by atoms with Crippen molar-refractivity contribution in [3.63, 3.8) is 0 Å². The largest absolute Gasteiger partial charge is 0.485 e. The summed E-state index contributed by atoms with van der Waals surface area (Å²) in [4.78, 5) is 141. The van der Waals surface area contributed by atoms with E-state index in [2.05, 4.69) is 20.7 Å². The van der Waals surface area contributed by atoms with Gasteiger partial charge in [-0.3, -0.25) is 38.4 Å². The molecule has 6 amide bonds. The number of aliphatic hydroxyl groups excluding tert-OH is 1. The zero-order chi connectivity index (χ0) is 89.9. The van der Waals surface area contributed by atoms with Crippen LogP contribution in [0, 0.1) is 69.8 Å². The van der Waals surface area contributed by atoms with Crippen molar-refractivity contribution in [1.29, 1.82) is 0 Å². The van der Waals surface area contributed by atoms with Crippen molar-refractivity contribution in [2.45, 2.75) is 134 Å².